The molecule has 24 heavy (non-hydrogen) atoms. The van der Waals surface area contributed by atoms with Crippen LogP contribution in [0.15, 0.2) is 12.3 Å². The first-order valence-corrected chi connectivity index (χ1v) is 9.32. The Morgan fingerprint density at radius 3 is 2.88 bits per heavy atom. The van der Waals surface area contributed by atoms with Crippen LogP contribution in [0.1, 0.15) is 20.3 Å². The molecule has 0 radical (unpaired) electrons. The molecule has 0 unspecified atom stereocenters. The van der Waals surface area contributed by atoms with Crippen molar-refractivity contribution in [2.75, 3.05) is 41.4 Å². The molecule has 1 aromatic heterocycles. The predicted octanol–water partition coefficient (Wildman–Crippen LogP) is 1.50. The van der Waals surface area contributed by atoms with Gasteiger partial charge in [0.2, 0.25) is 11.9 Å². The average molecular weight is 348 g/mol. The van der Waals surface area contributed by atoms with E-state index in [4.69, 9.17) is 5.26 Å². The number of hydrogen-bond acceptors (Lipinski definition) is 7. The molecule has 0 spiro atoms. The van der Waals surface area contributed by atoms with Gasteiger partial charge in [-0.25, -0.2) is 4.98 Å². The average Bonchev–Trinajstić information content (AvgIpc) is 2.59. The second-order valence-corrected chi connectivity index (χ2v) is 7.27. The number of amides is 1. The maximum atomic E-state index is 12.2. The Bertz CT molecular complexity index is 582. The lowest BCUT2D eigenvalue weighted by atomic mass is 10.0. The lowest BCUT2D eigenvalue weighted by Crippen LogP contribution is -2.41. The number of hydrogen-bond donors (Lipinski definition) is 2. The molecule has 1 aliphatic heterocycles. The van der Waals surface area contributed by atoms with E-state index in [1.165, 1.54) is 0 Å². The molecule has 0 saturated carbocycles. The molecule has 0 aliphatic carbocycles. The van der Waals surface area contributed by atoms with Crippen molar-refractivity contribution >= 4 is 29.4 Å². The minimum absolute atomic E-state index is 0.00950. The van der Waals surface area contributed by atoms with Crippen molar-refractivity contribution in [3.05, 3.63) is 12.3 Å². The largest absolute Gasteiger partial charge is 0.358 e. The second kappa shape index (κ2) is 9.33. The van der Waals surface area contributed by atoms with E-state index in [9.17, 15) is 4.79 Å². The van der Waals surface area contributed by atoms with Crippen LogP contribution in [0.5, 0.6) is 0 Å². The molecule has 8 heteroatoms. The smallest absolute Gasteiger partial charge is 0.243 e. The van der Waals surface area contributed by atoms with E-state index in [0.717, 1.165) is 24.6 Å². The van der Waals surface area contributed by atoms with Gasteiger partial charge in [0, 0.05) is 30.8 Å². The highest BCUT2D eigenvalue weighted by Gasteiger charge is 2.21. The summed E-state index contributed by atoms with van der Waals surface area (Å²) >= 11 is 1.93. The van der Waals surface area contributed by atoms with E-state index in [2.05, 4.69) is 39.3 Å². The molecule has 1 fully saturated rings. The Labute approximate surface area is 147 Å². The van der Waals surface area contributed by atoms with Crippen molar-refractivity contribution in [2.24, 2.45) is 5.92 Å². The molecule has 1 amide bonds. The molecule has 2 N–H and O–H groups in total. The van der Waals surface area contributed by atoms with Gasteiger partial charge in [-0.05, 0) is 18.4 Å². The SMILES string of the molecule is CC(C)C[C@H](Nc1ccnc(N2CCSCC2)n1)C(=O)NCC#N. The number of nitrogens with zero attached hydrogens (tertiary/aromatic N) is 4. The van der Waals surface area contributed by atoms with E-state index in [1.54, 1.807) is 12.3 Å². The van der Waals surface area contributed by atoms with E-state index in [1.807, 2.05) is 17.8 Å². The molecule has 0 bridgehead atoms. The maximum absolute atomic E-state index is 12.2. The predicted molar refractivity (Wildman–Crippen MR) is 97.1 cm³/mol. The lowest BCUT2D eigenvalue weighted by molar-refractivity contribution is -0.121. The van der Waals surface area contributed by atoms with E-state index < -0.39 is 6.04 Å². The minimum atomic E-state index is -0.419. The van der Waals surface area contributed by atoms with Crippen LogP contribution < -0.4 is 15.5 Å². The van der Waals surface area contributed by atoms with Crippen LogP contribution in [0.25, 0.3) is 0 Å². The standard InChI is InChI=1S/C16H24N6OS/c1-12(2)11-13(15(23)18-6-4-17)20-14-3-5-19-16(21-14)22-7-9-24-10-8-22/h3,5,12-13H,6-11H2,1-2H3,(H,18,23)(H,19,20,21)/t13-/m0/s1. The Kier molecular flexibility index (Phi) is 7.12. The zero-order valence-electron chi connectivity index (χ0n) is 14.2. The fourth-order valence-electron chi connectivity index (χ4n) is 2.48. The first-order chi connectivity index (χ1) is 11.6. The van der Waals surface area contributed by atoms with Crippen LogP contribution >= 0.6 is 11.8 Å². The normalized spacial score (nSPS) is 15.7. The van der Waals surface area contributed by atoms with Gasteiger partial charge in [-0.1, -0.05) is 13.8 Å². The Morgan fingerprint density at radius 1 is 1.46 bits per heavy atom. The van der Waals surface area contributed by atoms with Crippen molar-refractivity contribution in [3.8, 4) is 6.07 Å². The summed E-state index contributed by atoms with van der Waals surface area (Å²) in [6.45, 7) is 6.00. The van der Waals surface area contributed by atoms with Crippen LogP contribution in [0, 0.1) is 17.2 Å². The third-order valence-corrected chi connectivity index (χ3v) is 4.57. The number of nitriles is 1. The van der Waals surface area contributed by atoms with Crippen molar-refractivity contribution < 1.29 is 4.79 Å². The molecule has 2 heterocycles. The fraction of sp³-hybridized carbons (Fsp3) is 0.625. The van der Waals surface area contributed by atoms with Gasteiger partial charge in [0.05, 0.1) is 6.07 Å². The summed E-state index contributed by atoms with van der Waals surface area (Å²) in [6.07, 6.45) is 2.38. The quantitative estimate of drug-likeness (QED) is 0.721. The third kappa shape index (κ3) is 5.57. The molecule has 130 valence electrons. The maximum Gasteiger partial charge on any atom is 0.243 e. The van der Waals surface area contributed by atoms with Gasteiger partial charge in [0.15, 0.2) is 0 Å². The molecular weight excluding hydrogens is 324 g/mol. The van der Waals surface area contributed by atoms with Gasteiger partial charge < -0.3 is 15.5 Å². The summed E-state index contributed by atoms with van der Waals surface area (Å²) in [4.78, 5) is 23.3. The van der Waals surface area contributed by atoms with Gasteiger partial charge in [-0.15, -0.1) is 0 Å². The monoisotopic (exact) mass is 348 g/mol. The zero-order chi connectivity index (χ0) is 17.4. The number of nitrogens with one attached hydrogen (secondary N) is 2. The lowest BCUT2D eigenvalue weighted by Gasteiger charge is -2.27. The topological polar surface area (TPSA) is 93.9 Å². The van der Waals surface area contributed by atoms with Crippen molar-refractivity contribution in [3.63, 3.8) is 0 Å². The summed E-state index contributed by atoms with van der Waals surface area (Å²) in [6, 6.07) is 3.28. The summed E-state index contributed by atoms with van der Waals surface area (Å²) in [7, 11) is 0. The van der Waals surface area contributed by atoms with Crippen molar-refractivity contribution in [1.29, 1.82) is 5.26 Å². The first-order valence-electron chi connectivity index (χ1n) is 8.17. The summed E-state index contributed by atoms with van der Waals surface area (Å²) < 4.78 is 0. The van der Waals surface area contributed by atoms with E-state index >= 15 is 0 Å². The highest BCUT2D eigenvalue weighted by atomic mass is 32.2. The third-order valence-electron chi connectivity index (χ3n) is 3.62. The highest BCUT2D eigenvalue weighted by molar-refractivity contribution is 7.99. The van der Waals surface area contributed by atoms with Crippen LogP contribution in [-0.2, 0) is 4.79 Å². The molecule has 1 atom stereocenters. The van der Waals surface area contributed by atoms with Crippen molar-refractivity contribution in [1.82, 2.24) is 15.3 Å². The molecule has 2 rings (SSSR count). The second-order valence-electron chi connectivity index (χ2n) is 6.04. The van der Waals surface area contributed by atoms with Crippen LogP contribution in [-0.4, -0.2) is 53.1 Å². The van der Waals surface area contributed by atoms with Gasteiger partial charge in [-0.3, -0.25) is 4.79 Å². The molecule has 7 nitrogen and oxygen atoms in total. The summed E-state index contributed by atoms with van der Waals surface area (Å²) in [5.41, 5.74) is 0. The van der Waals surface area contributed by atoms with Gasteiger partial charge >= 0.3 is 0 Å². The number of thioether (sulfide) groups is 1. The Balaban J connectivity index is 2.07. The van der Waals surface area contributed by atoms with E-state index in [0.29, 0.717) is 24.1 Å². The number of carbonyl (C=O) groups excluding carboxylic acids is 1. The molecule has 1 aromatic rings. The van der Waals surface area contributed by atoms with Crippen LogP contribution in [0.4, 0.5) is 11.8 Å². The number of rotatable bonds is 7. The molecule has 1 saturated heterocycles. The van der Waals surface area contributed by atoms with Crippen molar-refractivity contribution in [2.45, 2.75) is 26.3 Å². The minimum Gasteiger partial charge on any atom is -0.358 e. The van der Waals surface area contributed by atoms with Crippen LogP contribution in [0.3, 0.4) is 0 Å². The number of aromatic nitrogens is 2. The molecular formula is C16H24N6OS. The molecule has 1 aliphatic rings. The number of anilines is 2. The fourth-order valence-corrected chi connectivity index (χ4v) is 3.38. The summed E-state index contributed by atoms with van der Waals surface area (Å²) in [5.74, 6) is 3.65. The highest BCUT2D eigenvalue weighted by Crippen LogP contribution is 2.18. The van der Waals surface area contributed by atoms with Gasteiger partial charge in [0.25, 0.3) is 0 Å². The van der Waals surface area contributed by atoms with Gasteiger partial charge in [0.1, 0.15) is 18.4 Å². The Morgan fingerprint density at radius 2 is 2.21 bits per heavy atom. The summed E-state index contributed by atoms with van der Waals surface area (Å²) in [5, 5.41) is 14.4. The van der Waals surface area contributed by atoms with Crippen LogP contribution in [0.2, 0.25) is 0 Å². The Hall–Kier alpha value is -2.01. The number of carbonyl (C=O) groups is 1. The van der Waals surface area contributed by atoms with E-state index in [-0.39, 0.29) is 12.5 Å². The van der Waals surface area contributed by atoms with Gasteiger partial charge in [-0.2, -0.15) is 22.0 Å². The molecule has 0 aromatic carbocycles. The zero-order valence-corrected chi connectivity index (χ0v) is 15.0. The first kappa shape index (κ1) is 18.3.